The Morgan fingerprint density at radius 2 is 2.15 bits per heavy atom. The van der Waals surface area contributed by atoms with Gasteiger partial charge in [-0.15, -0.1) is 5.10 Å². The van der Waals surface area contributed by atoms with E-state index in [9.17, 15) is 4.79 Å². The molecule has 1 atom stereocenters. The Hall–Kier alpha value is -1.43. The van der Waals surface area contributed by atoms with E-state index >= 15 is 0 Å². The van der Waals surface area contributed by atoms with Gasteiger partial charge in [-0.05, 0) is 26.8 Å². The average molecular weight is 279 g/mol. The zero-order valence-electron chi connectivity index (χ0n) is 13.0. The van der Waals surface area contributed by atoms with E-state index < -0.39 is 0 Å². The number of nitrogens with zero attached hydrogens (tertiary/aromatic N) is 3. The molecule has 0 aliphatic heterocycles. The molecule has 2 N–H and O–H groups in total. The summed E-state index contributed by atoms with van der Waals surface area (Å²) in [5.41, 5.74) is -0.134. The first kappa shape index (κ1) is 15.0. The number of rotatable bonds is 5. The lowest BCUT2D eigenvalue weighted by Gasteiger charge is -2.24. The fourth-order valence-corrected chi connectivity index (χ4v) is 2.00. The predicted octanol–water partition coefficient (Wildman–Crippen LogP) is 1.31. The molecule has 6 heteroatoms. The standard InChI is InChI=1S/C14H25N5O/c1-9(19(5)10-6-7-10)8-15-12(20)11-16-13(18-17-11)14(2,3)4/h9-10H,6-8H2,1-5H3,(H,15,20)(H,16,17,18). The van der Waals surface area contributed by atoms with Gasteiger partial charge in [-0.3, -0.25) is 14.8 Å². The molecule has 112 valence electrons. The van der Waals surface area contributed by atoms with Gasteiger partial charge in [0, 0.05) is 24.0 Å². The summed E-state index contributed by atoms with van der Waals surface area (Å²) in [7, 11) is 2.11. The fraction of sp³-hybridized carbons (Fsp3) is 0.786. The predicted molar refractivity (Wildman–Crippen MR) is 77.7 cm³/mol. The third-order valence-electron chi connectivity index (χ3n) is 3.78. The molecule has 1 aliphatic rings. The highest BCUT2D eigenvalue weighted by molar-refractivity contribution is 5.90. The zero-order valence-corrected chi connectivity index (χ0v) is 13.0. The van der Waals surface area contributed by atoms with Crippen LogP contribution < -0.4 is 5.32 Å². The number of hydrogen-bond acceptors (Lipinski definition) is 4. The number of carbonyl (C=O) groups excluding carboxylic acids is 1. The summed E-state index contributed by atoms with van der Waals surface area (Å²) in [5, 5.41) is 9.73. The topological polar surface area (TPSA) is 73.9 Å². The molecule has 1 unspecified atom stereocenters. The summed E-state index contributed by atoms with van der Waals surface area (Å²) in [6, 6.07) is 1.02. The van der Waals surface area contributed by atoms with Crippen molar-refractivity contribution in [2.24, 2.45) is 0 Å². The van der Waals surface area contributed by atoms with Crippen molar-refractivity contribution in [2.45, 2.75) is 58.0 Å². The van der Waals surface area contributed by atoms with Crippen LogP contribution in [0.5, 0.6) is 0 Å². The second-order valence-corrected chi connectivity index (χ2v) is 6.71. The summed E-state index contributed by atoms with van der Waals surface area (Å²) in [6.07, 6.45) is 2.54. The second kappa shape index (κ2) is 5.52. The number of aromatic amines is 1. The van der Waals surface area contributed by atoms with Crippen LogP contribution in [0.2, 0.25) is 0 Å². The Kier molecular flexibility index (Phi) is 4.13. The minimum Gasteiger partial charge on any atom is -0.348 e. The normalized spacial score (nSPS) is 17.3. The molecule has 6 nitrogen and oxygen atoms in total. The molecule has 1 saturated carbocycles. The highest BCUT2D eigenvalue weighted by Crippen LogP contribution is 2.26. The van der Waals surface area contributed by atoms with Crippen molar-refractivity contribution in [2.75, 3.05) is 13.6 Å². The van der Waals surface area contributed by atoms with Gasteiger partial charge in [0.2, 0.25) is 5.82 Å². The number of nitrogens with one attached hydrogen (secondary N) is 2. The van der Waals surface area contributed by atoms with Gasteiger partial charge in [0.15, 0.2) is 0 Å². The van der Waals surface area contributed by atoms with Gasteiger partial charge in [0.1, 0.15) is 5.82 Å². The summed E-state index contributed by atoms with van der Waals surface area (Å²) in [4.78, 5) is 18.6. The van der Waals surface area contributed by atoms with E-state index in [0.29, 0.717) is 18.6 Å². The fourth-order valence-electron chi connectivity index (χ4n) is 2.00. The van der Waals surface area contributed by atoms with E-state index in [1.165, 1.54) is 12.8 Å². The van der Waals surface area contributed by atoms with Gasteiger partial charge >= 0.3 is 0 Å². The van der Waals surface area contributed by atoms with Crippen molar-refractivity contribution in [3.63, 3.8) is 0 Å². The van der Waals surface area contributed by atoms with Crippen molar-refractivity contribution in [1.29, 1.82) is 0 Å². The van der Waals surface area contributed by atoms with Crippen LogP contribution in [0.15, 0.2) is 0 Å². The minimum absolute atomic E-state index is 0.134. The maximum atomic E-state index is 12.0. The van der Waals surface area contributed by atoms with Crippen molar-refractivity contribution >= 4 is 5.91 Å². The molecule has 1 aliphatic carbocycles. The van der Waals surface area contributed by atoms with Crippen LogP contribution in [0.1, 0.15) is 57.0 Å². The molecular weight excluding hydrogens is 254 g/mol. The monoisotopic (exact) mass is 279 g/mol. The molecular formula is C14H25N5O. The smallest absolute Gasteiger partial charge is 0.291 e. The largest absolute Gasteiger partial charge is 0.348 e. The van der Waals surface area contributed by atoms with Gasteiger partial charge in [-0.2, -0.15) is 0 Å². The molecule has 0 spiro atoms. The van der Waals surface area contributed by atoms with E-state index in [2.05, 4.69) is 39.4 Å². The molecule has 0 radical (unpaired) electrons. The van der Waals surface area contributed by atoms with Crippen molar-refractivity contribution in [3.05, 3.63) is 11.6 Å². The quantitative estimate of drug-likeness (QED) is 0.852. The van der Waals surface area contributed by atoms with Crippen molar-refractivity contribution in [3.8, 4) is 0 Å². The Morgan fingerprint density at radius 3 is 2.65 bits per heavy atom. The van der Waals surface area contributed by atoms with Crippen LogP contribution in [-0.2, 0) is 5.41 Å². The van der Waals surface area contributed by atoms with Crippen LogP contribution in [0.25, 0.3) is 0 Å². The maximum absolute atomic E-state index is 12.0. The Labute approximate surface area is 120 Å². The molecule has 0 aromatic carbocycles. The third kappa shape index (κ3) is 3.56. The number of aromatic nitrogens is 3. The minimum atomic E-state index is -0.215. The molecule has 2 rings (SSSR count). The number of likely N-dealkylation sites (N-methyl/N-ethyl adjacent to an activating group) is 1. The molecule has 1 amide bonds. The first-order chi connectivity index (χ1) is 9.29. The van der Waals surface area contributed by atoms with Gasteiger partial charge in [0.05, 0.1) is 0 Å². The van der Waals surface area contributed by atoms with E-state index in [1.807, 2.05) is 20.8 Å². The summed E-state index contributed by atoms with van der Waals surface area (Å²) >= 11 is 0. The first-order valence-electron chi connectivity index (χ1n) is 7.22. The first-order valence-corrected chi connectivity index (χ1v) is 7.22. The molecule has 1 heterocycles. The number of hydrogen-bond donors (Lipinski definition) is 2. The lowest BCUT2D eigenvalue weighted by molar-refractivity contribution is 0.0929. The van der Waals surface area contributed by atoms with Crippen molar-refractivity contribution < 1.29 is 4.79 Å². The van der Waals surface area contributed by atoms with Gasteiger partial charge < -0.3 is 5.32 Å². The molecule has 0 bridgehead atoms. The Bertz CT molecular complexity index is 472. The lowest BCUT2D eigenvalue weighted by Crippen LogP contribution is -2.41. The third-order valence-corrected chi connectivity index (χ3v) is 3.78. The number of amides is 1. The van der Waals surface area contributed by atoms with Crippen molar-refractivity contribution in [1.82, 2.24) is 25.4 Å². The molecule has 20 heavy (non-hydrogen) atoms. The molecule has 1 aromatic heterocycles. The van der Waals surface area contributed by atoms with E-state index in [0.717, 1.165) is 5.82 Å². The number of H-pyrrole nitrogens is 1. The molecule has 1 aromatic rings. The summed E-state index contributed by atoms with van der Waals surface area (Å²) in [5.74, 6) is 0.731. The highest BCUT2D eigenvalue weighted by atomic mass is 16.2. The second-order valence-electron chi connectivity index (χ2n) is 6.71. The van der Waals surface area contributed by atoms with Crippen LogP contribution in [-0.4, -0.2) is 51.7 Å². The van der Waals surface area contributed by atoms with Crippen LogP contribution in [0, 0.1) is 0 Å². The summed E-state index contributed by atoms with van der Waals surface area (Å²) < 4.78 is 0. The molecule has 1 fully saturated rings. The maximum Gasteiger partial charge on any atom is 0.291 e. The SMILES string of the molecule is CC(CNC(=O)c1n[nH]c(C(C)(C)C)n1)N(C)C1CC1. The van der Waals surface area contributed by atoms with Crippen LogP contribution in [0.3, 0.4) is 0 Å². The van der Waals surface area contributed by atoms with Gasteiger partial charge in [0.25, 0.3) is 5.91 Å². The Morgan fingerprint density at radius 1 is 1.50 bits per heavy atom. The lowest BCUT2D eigenvalue weighted by atomic mass is 9.96. The number of carbonyl (C=O) groups is 1. The Balaban J connectivity index is 1.86. The zero-order chi connectivity index (χ0) is 14.9. The van der Waals surface area contributed by atoms with E-state index in [4.69, 9.17) is 0 Å². The van der Waals surface area contributed by atoms with Crippen LogP contribution in [0.4, 0.5) is 0 Å². The van der Waals surface area contributed by atoms with E-state index in [-0.39, 0.29) is 17.1 Å². The summed E-state index contributed by atoms with van der Waals surface area (Å²) in [6.45, 7) is 8.83. The average Bonchev–Trinajstić information content (AvgIpc) is 3.09. The molecule has 0 saturated heterocycles. The van der Waals surface area contributed by atoms with Gasteiger partial charge in [-0.25, -0.2) is 4.98 Å². The van der Waals surface area contributed by atoms with E-state index in [1.54, 1.807) is 0 Å². The highest BCUT2D eigenvalue weighted by Gasteiger charge is 2.29. The van der Waals surface area contributed by atoms with Crippen LogP contribution >= 0.6 is 0 Å². The van der Waals surface area contributed by atoms with Gasteiger partial charge in [-0.1, -0.05) is 20.8 Å².